The summed E-state index contributed by atoms with van der Waals surface area (Å²) in [6.45, 7) is 0.825. The molecule has 5 heteroatoms. The van der Waals surface area contributed by atoms with Crippen LogP contribution in [0.15, 0.2) is 48.5 Å². The number of nitrogens with zero attached hydrogens (tertiary/aromatic N) is 2. The Morgan fingerprint density at radius 2 is 1.96 bits per heavy atom. The molecule has 122 valence electrons. The molecule has 0 aromatic heterocycles. The monoisotopic (exact) mass is 324 g/mol. The largest absolute Gasteiger partial charge is 0.337 e. The molecule has 2 aromatic carbocycles. The fraction of sp³-hybridized carbons (Fsp3) is 0.263. The Kier molecular flexibility index (Phi) is 3.20. The summed E-state index contributed by atoms with van der Waals surface area (Å²) in [7, 11) is 1.77. The third-order valence-corrected chi connectivity index (χ3v) is 5.12. The lowest BCUT2D eigenvalue weighted by atomic mass is 9.81. The number of hydrogen-bond acceptors (Lipinski definition) is 2. The molecule has 0 saturated carbocycles. The van der Waals surface area contributed by atoms with Crippen molar-refractivity contribution in [2.24, 2.45) is 0 Å². The molecule has 0 bridgehead atoms. The number of para-hydroxylation sites is 1. The van der Waals surface area contributed by atoms with E-state index < -0.39 is 11.2 Å². The van der Waals surface area contributed by atoms with E-state index in [9.17, 15) is 14.0 Å². The van der Waals surface area contributed by atoms with Crippen LogP contribution >= 0.6 is 0 Å². The van der Waals surface area contributed by atoms with Crippen LogP contribution in [0.1, 0.15) is 22.3 Å². The lowest BCUT2D eigenvalue weighted by molar-refractivity contribution is -0.122. The Bertz CT molecular complexity index is 851. The van der Waals surface area contributed by atoms with E-state index in [4.69, 9.17) is 0 Å². The molecule has 4 nitrogen and oxygen atoms in total. The van der Waals surface area contributed by atoms with Gasteiger partial charge < -0.3 is 9.80 Å². The van der Waals surface area contributed by atoms with Gasteiger partial charge in [0.1, 0.15) is 5.82 Å². The van der Waals surface area contributed by atoms with E-state index in [1.54, 1.807) is 22.9 Å². The van der Waals surface area contributed by atoms with Crippen molar-refractivity contribution in [3.05, 3.63) is 65.5 Å². The Balaban J connectivity index is 1.67. The first-order valence-electron chi connectivity index (χ1n) is 7.95. The number of hydrogen-bond donors (Lipinski definition) is 0. The predicted octanol–water partition coefficient (Wildman–Crippen LogP) is 2.59. The van der Waals surface area contributed by atoms with Crippen LogP contribution in [0.4, 0.5) is 10.1 Å². The van der Waals surface area contributed by atoms with Gasteiger partial charge in [0.25, 0.3) is 5.91 Å². The summed E-state index contributed by atoms with van der Waals surface area (Å²) in [6.07, 6.45) is 0.592. The van der Waals surface area contributed by atoms with Gasteiger partial charge in [-0.1, -0.05) is 24.3 Å². The second-order valence-corrected chi connectivity index (χ2v) is 6.45. The third kappa shape index (κ3) is 1.97. The third-order valence-electron chi connectivity index (χ3n) is 5.12. The van der Waals surface area contributed by atoms with Gasteiger partial charge >= 0.3 is 0 Å². The quantitative estimate of drug-likeness (QED) is 0.809. The van der Waals surface area contributed by atoms with Crippen LogP contribution in [0.25, 0.3) is 0 Å². The van der Waals surface area contributed by atoms with E-state index in [1.165, 1.54) is 18.2 Å². The highest BCUT2D eigenvalue weighted by Gasteiger charge is 2.54. The lowest BCUT2D eigenvalue weighted by Crippen LogP contribution is -2.42. The zero-order chi connectivity index (χ0) is 16.9. The van der Waals surface area contributed by atoms with Crippen molar-refractivity contribution in [2.75, 3.05) is 25.0 Å². The predicted molar refractivity (Wildman–Crippen MR) is 88.5 cm³/mol. The highest BCUT2D eigenvalue weighted by molar-refractivity contribution is 6.09. The van der Waals surface area contributed by atoms with Gasteiger partial charge in [0, 0.05) is 31.4 Å². The van der Waals surface area contributed by atoms with Crippen LogP contribution in [-0.2, 0) is 10.2 Å². The standard InChI is InChI=1S/C19H17FN2O2/c1-21-16-8-3-2-7-15(16)19(18(21)24)9-10-22(12-19)17(23)13-5-4-6-14(20)11-13/h2-8,11H,9-10,12H2,1H3/t19-/m0/s1. The number of fused-ring (bicyclic) bond motifs is 2. The Morgan fingerprint density at radius 3 is 2.75 bits per heavy atom. The second-order valence-electron chi connectivity index (χ2n) is 6.45. The normalized spacial score (nSPS) is 22.3. The molecule has 1 saturated heterocycles. The summed E-state index contributed by atoms with van der Waals surface area (Å²) in [5.41, 5.74) is 1.53. The van der Waals surface area contributed by atoms with E-state index in [-0.39, 0.29) is 11.8 Å². The zero-order valence-corrected chi connectivity index (χ0v) is 13.3. The molecular weight excluding hydrogens is 307 g/mol. The van der Waals surface area contributed by atoms with Crippen molar-refractivity contribution < 1.29 is 14.0 Å². The molecule has 0 unspecified atom stereocenters. The van der Waals surface area contributed by atoms with Gasteiger partial charge in [0.15, 0.2) is 0 Å². The van der Waals surface area contributed by atoms with Gasteiger partial charge in [-0.2, -0.15) is 0 Å². The summed E-state index contributed by atoms with van der Waals surface area (Å²) in [4.78, 5) is 28.9. The lowest BCUT2D eigenvalue weighted by Gasteiger charge is -2.23. The molecule has 0 aliphatic carbocycles. The van der Waals surface area contributed by atoms with Crippen molar-refractivity contribution in [2.45, 2.75) is 11.8 Å². The molecule has 0 radical (unpaired) electrons. The zero-order valence-electron chi connectivity index (χ0n) is 13.3. The van der Waals surface area contributed by atoms with Crippen LogP contribution in [0.5, 0.6) is 0 Å². The SMILES string of the molecule is CN1C(=O)[C@]2(CCN(C(=O)c3cccc(F)c3)C2)c2ccccc21. The second kappa shape index (κ2) is 5.16. The number of carbonyl (C=O) groups is 2. The Hall–Kier alpha value is -2.69. The van der Waals surface area contributed by atoms with Crippen LogP contribution in [0.2, 0.25) is 0 Å². The molecule has 2 amide bonds. The number of halogens is 1. The van der Waals surface area contributed by atoms with E-state index in [0.717, 1.165) is 11.3 Å². The van der Waals surface area contributed by atoms with Gasteiger partial charge in [-0.3, -0.25) is 9.59 Å². The number of rotatable bonds is 1. The number of benzene rings is 2. The summed E-state index contributed by atoms with van der Waals surface area (Å²) in [5.74, 6) is -0.638. The van der Waals surface area contributed by atoms with E-state index in [1.807, 2.05) is 24.3 Å². The summed E-state index contributed by atoms with van der Waals surface area (Å²) >= 11 is 0. The summed E-state index contributed by atoms with van der Waals surface area (Å²) in [5, 5.41) is 0. The number of likely N-dealkylation sites (N-methyl/N-ethyl adjacent to an activating group) is 1. The van der Waals surface area contributed by atoms with Gasteiger partial charge in [-0.15, -0.1) is 0 Å². The van der Waals surface area contributed by atoms with E-state index in [2.05, 4.69) is 0 Å². The molecule has 2 heterocycles. The Morgan fingerprint density at radius 1 is 1.17 bits per heavy atom. The number of likely N-dealkylation sites (tertiary alicyclic amines) is 1. The van der Waals surface area contributed by atoms with E-state index >= 15 is 0 Å². The maximum absolute atomic E-state index is 13.4. The van der Waals surface area contributed by atoms with Gasteiger partial charge in [0.05, 0.1) is 5.41 Å². The maximum atomic E-state index is 13.4. The highest BCUT2D eigenvalue weighted by Crippen LogP contribution is 2.46. The highest BCUT2D eigenvalue weighted by atomic mass is 19.1. The topological polar surface area (TPSA) is 40.6 Å². The van der Waals surface area contributed by atoms with Gasteiger partial charge in [-0.25, -0.2) is 4.39 Å². The molecule has 2 aromatic rings. The van der Waals surface area contributed by atoms with Crippen molar-refractivity contribution >= 4 is 17.5 Å². The molecule has 1 fully saturated rings. The first kappa shape index (κ1) is 14.9. The van der Waals surface area contributed by atoms with Crippen molar-refractivity contribution in [1.82, 2.24) is 4.90 Å². The molecular formula is C19H17FN2O2. The van der Waals surface area contributed by atoms with Crippen LogP contribution in [0.3, 0.4) is 0 Å². The average Bonchev–Trinajstić information content (AvgIpc) is 3.13. The molecule has 24 heavy (non-hydrogen) atoms. The van der Waals surface area contributed by atoms with Gasteiger partial charge in [-0.05, 0) is 36.2 Å². The van der Waals surface area contributed by atoms with Crippen molar-refractivity contribution in [3.8, 4) is 0 Å². The summed E-state index contributed by atoms with van der Waals surface area (Å²) < 4.78 is 13.4. The van der Waals surface area contributed by atoms with Crippen LogP contribution < -0.4 is 4.90 Å². The molecule has 2 aliphatic heterocycles. The molecule has 1 atom stereocenters. The first-order valence-corrected chi connectivity index (χ1v) is 7.95. The number of carbonyl (C=O) groups excluding carboxylic acids is 2. The smallest absolute Gasteiger partial charge is 0.254 e. The van der Waals surface area contributed by atoms with Crippen LogP contribution in [-0.4, -0.2) is 36.9 Å². The van der Waals surface area contributed by atoms with Crippen molar-refractivity contribution in [3.63, 3.8) is 0 Å². The fourth-order valence-electron chi connectivity index (χ4n) is 3.90. The molecule has 2 aliphatic rings. The van der Waals surface area contributed by atoms with Crippen LogP contribution in [0, 0.1) is 5.82 Å². The molecule has 1 spiro atoms. The summed E-state index contributed by atoms with van der Waals surface area (Å²) in [6, 6.07) is 13.4. The van der Waals surface area contributed by atoms with E-state index in [0.29, 0.717) is 25.1 Å². The Labute approximate surface area is 139 Å². The number of anilines is 1. The van der Waals surface area contributed by atoms with Crippen molar-refractivity contribution in [1.29, 1.82) is 0 Å². The van der Waals surface area contributed by atoms with Gasteiger partial charge in [0.2, 0.25) is 5.91 Å². The first-order chi connectivity index (χ1) is 11.5. The minimum Gasteiger partial charge on any atom is -0.337 e. The minimum atomic E-state index is -0.672. The fourth-order valence-corrected chi connectivity index (χ4v) is 3.90. The number of amides is 2. The molecule has 4 rings (SSSR count). The minimum absolute atomic E-state index is 0.0262. The maximum Gasteiger partial charge on any atom is 0.254 e. The molecule has 0 N–H and O–H groups in total. The average molecular weight is 324 g/mol.